The van der Waals surface area contributed by atoms with Gasteiger partial charge in [-0.2, -0.15) is 0 Å². The molecule has 176 valence electrons. The summed E-state index contributed by atoms with van der Waals surface area (Å²) in [6.45, 7) is 3.79. The molecule has 0 unspecified atom stereocenters. The number of anilines is 2. The van der Waals surface area contributed by atoms with Crippen molar-refractivity contribution in [1.29, 1.82) is 0 Å². The molecule has 0 atom stereocenters. The summed E-state index contributed by atoms with van der Waals surface area (Å²) in [5.74, 6) is -1.43. The molecule has 1 heterocycles. The second-order valence-electron chi connectivity index (χ2n) is 6.90. The van der Waals surface area contributed by atoms with Crippen molar-refractivity contribution in [2.24, 2.45) is 0 Å². The molecule has 10 nitrogen and oxygen atoms in total. The molecule has 3 aromatic rings. The summed E-state index contributed by atoms with van der Waals surface area (Å²) < 4.78 is 10.4. The number of para-hydroxylation sites is 2. The van der Waals surface area contributed by atoms with Gasteiger partial charge in [0.1, 0.15) is 10.8 Å². The normalized spacial score (nSPS) is 10.3. The fourth-order valence-electron chi connectivity index (χ4n) is 3.13. The van der Waals surface area contributed by atoms with E-state index in [1.54, 1.807) is 31.2 Å². The van der Waals surface area contributed by atoms with E-state index < -0.39 is 22.7 Å². The van der Waals surface area contributed by atoms with E-state index in [1.807, 2.05) is 6.92 Å². The number of hydrogen-bond donors (Lipinski definition) is 2. The molecule has 0 aliphatic heterocycles. The van der Waals surface area contributed by atoms with Crippen LogP contribution in [0, 0.1) is 17.0 Å². The summed E-state index contributed by atoms with van der Waals surface area (Å²) in [5, 5.41) is 16.4. The molecule has 0 bridgehead atoms. The zero-order valence-corrected chi connectivity index (χ0v) is 19.4. The van der Waals surface area contributed by atoms with Crippen molar-refractivity contribution >= 4 is 45.5 Å². The number of amides is 2. The summed E-state index contributed by atoms with van der Waals surface area (Å²) in [4.78, 5) is 48.8. The van der Waals surface area contributed by atoms with Crippen molar-refractivity contribution in [3.05, 3.63) is 80.2 Å². The fraction of sp³-hybridized carbons (Fsp3) is 0.174. The Kier molecular flexibility index (Phi) is 7.59. The van der Waals surface area contributed by atoms with Gasteiger partial charge in [0.15, 0.2) is 0 Å². The number of nitro benzene ring substituents is 1. The number of ether oxygens (including phenoxy) is 2. The lowest BCUT2D eigenvalue weighted by Crippen LogP contribution is -2.14. The second-order valence-corrected chi connectivity index (χ2v) is 7.92. The van der Waals surface area contributed by atoms with Crippen molar-refractivity contribution in [2.75, 3.05) is 24.4 Å². The Morgan fingerprint density at radius 2 is 1.79 bits per heavy atom. The first kappa shape index (κ1) is 24.4. The Bertz CT molecular complexity index is 1270. The van der Waals surface area contributed by atoms with E-state index in [-0.39, 0.29) is 26.7 Å². The number of thiophene rings is 1. The predicted octanol–water partition coefficient (Wildman–Crippen LogP) is 4.65. The minimum Gasteiger partial charge on any atom is -0.492 e. The molecule has 34 heavy (non-hydrogen) atoms. The quantitative estimate of drug-likeness (QED) is 0.270. The van der Waals surface area contributed by atoms with Gasteiger partial charge in [-0.25, -0.2) is 4.79 Å². The Balaban J connectivity index is 1.94. The number of carbonyl (C=O) groups excluding carboxylic acids is 3. The van der Waals surface area contributed by atoms with Gasteiger partial charge in [-0.05, 0) is 37.6 Å². The number of hydrogen-bond acceptors (Lipinski definition) is 8. The maximum Gasteiger partial charge on any atom is 0.341 e. The molecule has 2 N–H and O–H groups in total. The Morgan fingerprint density at radius 3 is 2.47 bits per heavy atom. The van der Waals surface area contributed by atoms with Crippen molar-refractivity contribution < 1.29 is 28.8 Å². The lowest BCUT2D eigenvalue weighted by molar-refractivity contribution is -0.384. The number of nitro groups is 1. The van der Waals surface area contributed by atoms with Gasteiger partial charge >= 0.3 is 5.97 Å². The minimum absolute atomic E-state index is 0.0210. The third kappa shape index (κ3) is 5.21. The van der Waals surface area contributed by atoms with E-state index in [2.05, 4.69) is 10.6 Å². The highest BCUT2D eigenvalue weighted by molar-refractivity contribution is 7.19. The van der Waals surface area contributed by atoms with Crippen molar-refractivity contribution in [3.8, 4) is 5.75 Å². The molecule has 3 rings (SSSR count). The van der Waals surface area contributed by atoms with Crippen LogP contribution >= 0.6 is 11.3 Å². The van der Waals surface area contributed by atoms with E-state index in [0.717, 1.165) is 17.4 Å². The smallest absolute Gasteiger partial charge is 0.341 e. The van der Waals surface area contributed by atoms with Gasteiger partial charge in [-0.3, -0.25) is 19.7 Å². The minimum atomic E-state index is -0.739. The number of methoxy groups -OCH3 is 1. The van der Waals surface area contributed by atoms with Gasteiger partial charge in [0.05, 0.1) is 34.8 Å². The third-order valence-corrected chi connectivity index (χ3v) is 5.93. The first-order valence-corrected chi connectivity index (χ1v) is 10.9. The summed E-state index contributed by atoms with van der Waals surface area (Å²) in [5.41, 5.74) is 0.556. The van der Waals surface area contributed by atoms with Crippen molar-refractivity contribution in [1.82, 2.24) is 0 Å². The first-order chi connectivity index (χ1) is 16.3. The third-order valence-electron chi connectivity index (χ3n) is 4.72. The number of benzene rings is 2. The Labute approximate surface area is 198 Å². The summed E-state index contributed by atoms with van der Waals surface area (Å²) in [7, 11) is 1.18. The molecule has 0 saturated carbocycles. The van der Waals surface area contributed by atoms with Gasteiger partial charge in [-0.1, -0.05) is 18.2 Å². The van der Waals surface area contributed by atoms with Gasteiger partial charge < -0.3 is 20.1 Å². The number of rotatable bonds is 8. The number of carbonyl (C=O) groups is 3. The summed E-state index contributed by atoms with van der Waals surface area (Å²) in [6, 6.07) is 12.1. The van der Waals surface area contributed by atoms with Crippen LogP contribution < -0.4 is 15.4 Å². The SMILES string of the molecule is CCOc1ccccc1NC(=O)c1sc(NC(=O)c2cccc([N+](=O)[O-])c2)c(C(=O)OC)c1C. The molecule has 0 spiro atoms. The highest BCUT2D eigenvalue weighted by atomic mass is 32.1. The van der Waals surface area contributed by atoms with E-state index in [0.29, 0.717) is 23.6 Å². The number of non-ortho nitro benzene ring substituents is 1. The lowest BCUT2D eigenvalue weighted by atomic mass is 10.1. The van der Waals surface area contributed by atoms with Crippen LogP contribution in [-0.4, -0.2) is 36.4 Å². The Hall–Kier alpha value is -4.25. The van der Waals surface area contributed by atoms with Crippen LogP contribution in [0.2, 0.25) is 0 Å². The maximum absolute atomic E-state index is 13.0. The molecular formula is C23H21N3O7S. The zero-order chi connectivity index (χ0) is 24.8. The van der Waals surface area contributed by atoms with Gasteiger partial charge in [0, 0.05) is 17.7 Å². The van der Waals surface area contributed by atoms with Gasteiger partial charge in [0.25, 0.3) is 17.5 Å². The standard InChI is InChI=1S/C23H21N3O7S/c1-4-33-17-11-6-5-10-16(17)24-21(28)19-13(2)18(23(29)32-3)22(34-19)25-20(27)14-8-7-9-15(12-14)26(30)31/h5-12H,4H2,1-3H3,(H,24,28)(H,25,27). The monoisotopic (exact) mass is 483 g/mol. The number of nitrogens with zero attached hydrogens (tertiary/aromatic N) is 1. The van der Waals surface area contributed by atoms with E-state index in [1.165, 1.54) is 25.3 Å². The van der Waals surface area contributed by atoms with Gasteiger partial charge in [-0.15, -0.1) is 11.3 Å². The van der Waals surface area contributed by atoms with Crippen LogP contribution in [0.1, 0.15) is 42.9 Å². The molecule has 0 radical (unpaired) electrons. The molecular weight excluding hydrogens is 462 g/mol. The summed E-state index contributed by atoms with van der Waals surface area (Å²) >= 11 is 0.890. The van der Waals surface area contributed by atoms with Crippen LogP contribution in [0.15, 0.2) is 48.5 Å². The molecule has 11 heteroatoms. The average Bonchev–Trinajstić information content (AvgIpc) is 3.15. The van der Waals surface area contributed by atoms with E-state index in [4.69, 9.17) is 9.47 Å². The topological polar surface area (TPSA) is 137 Å². The van der Waals surface area contributed by atoms with Gasteiger partial charge in [0.2, 0.25) is 0 Å². The van der Waals surface area contributed by atoms with Crippen LogP contribution in [0.5, 0.6) is 5.75 Å². The van der Waals surface area contributed by atoms with Crippen LogP contribution in [0.3, 0.4) is 0 Å². The predicted molar refractivity (Wildman–Crippen MR) is 127 cm³/mol. The van der Waals surface area contributed by atoms with E-state index in [9.17, 15) is 24.5 Å². The van der Waals surface area contributed by atoms with Crippen molar-refractivity contribution in [2.45, 2.75) is 13.8 Å². The molecule has 0 aliphatic rings. The zero-order valence-electron chi connectivity index (χ0n) is 18.5. The molecule has 2 amide bonds. The molecule has 2 aromatic carbocycles. The van der Waals surface area contributed by atoms with E-state index >= 15 is 0 Å². The highest BCUT2D eigenvalue weighted by Gasteiger charge is 2.27. The highest BCUT2D eigenvalue weighted by Crippen LogP contribution is 2.35. The molecule has 0 saturated heterocycles. The molecule has 1 aromatic heterocycles. The van der Waals surface area contributed by atoms with Crippen LogP contribution in [-0.2, 0) is 4.74 Å². The largest absolute Gasteiger partial charge is 0.492 e. The molecule has 0 aliphatic carbocycles. The maximum atomic E-state index is 13.0. The van der Waals surface area contributed by atoms with Crippen molar-refractivity contribution in [3.63, 3.8) is 0 Å². The lowest BCUT2D eigenvalue weighted by Gasteiger charge is -2.11. The van der Waals surface area contributed by atoms with Crippen LogP contribution in [0.4, 0.5) is 16.4 Å². The number of nitrogens with one attached hydrogen (secondary N) is 2. The number of esters is 1. The average molecular weight is 484 g/mol. The van der Waals surface area contributed by atoms with Crippen LogP contribution in [0.25, 0.3) is 0 Å². The first-order valence-electron chi connectivity index (χ1n) is 10.1. The Morgan fingerprint density at radius 1 is 1.06 bits per heavy atom. The molecule has 0 fully saturated rings. The summed E-state index contributed by atoms with van der Waals surface area (Å²) in [6.07, 6.45) is 0. The second kappa shape index (κ2) is 10.6. The fourth-order valence-corrected chi connectivity index (χ4v) is 4.22.